The lowest BCUT2D eigenvalue weighted by molar-refractivity contribution is -0.396. The number of rotatable bonds is 4. The number of nitro benzene ring substituents is 2. The van der Waals surface area contributed by atoms with Gasteiger partial charge in [-0.25, -0.2) is 0 Å². The number of hydrogen-bond donors (Lipinski definition) is 1. The minimum atomic E-state index is -0.819. The standard InChI is InChI=1S/C8H8N2O5S/c1-5(11)16-8-3-2-6(9(12)13)4-7(8)10(14)15/h2-5,11H,1H3. The lowest BCUT2D eigenvalue weighted by Gasteiger charge is -2.04. The molecule has 1 aromatic carbocycles. The van der Waals surface area contributed by atoms with Crippen molar-refractivity contribution in [3.05, 3.63) is 38.4 Å². The number of aliphatic hydroxyl groups is 1. The molecule has 0 aromatic heterocycles. The van der Waals surface area contributed by atoms with E-state index < -0.39 is 15.3 Å². The van der Waals surface area contributed by atoms with Crippen molar-refractivity contribution in [1.82, 2.24) is 0 Å². The Morgan fingerprint density at radius 1 is 1.31 bits per heavy atom. The van der Waals surface area contributed by atoms with E-state index in [0.717, 1.165) is 23.9 Å². The van der Waals surface area contributed by atoms with Crippen molar-refractivity contribution in [2.75, 3.05) is 0 Å². The number of nitro groups is 2. The van der Waals surface area contributed by atoms with E-state index in [-0.39, 0.29) is 16.3 Å². The van der Waals surface area contributed by atoms with Crippen molar-refractivity contribution in [2.24, 2.45) is 0 Å². The SMILES string of the molecule is CC(O)Sc1ccc([N+](=O)[O-])cc1[N+](=O)[O-]. The van der Waals surface area contributed by atoms with Gasteiger partial charge in [0.2, 0.25) is 0 Å². The molecule has 0 aliphatic rings. The molecule has 1 unspecified atom stereocenters. The predicted octanol–water partition coefficient (Wildman–Crippen LogP) is 1.93. The largest absolute Gasteiger partial charge is 0.382 e. The summed E-state index contributed by atoms with van der Waals surface area (Å²) in [5.41, 5.74) is -1.54. The lowest BCUT2D eigenvalue weighted by Crippen LogP contribution is -1.97. The van der Waals surface area contributed by atoms with E-state index in [2.05, 4.69) is 0 Å². The van der Waals surface area contributed by atoms with Gasteiger partial charge in [0.1, 0.15) is 5.44 Å². The number of non-ortho nitro benzene ring substituents is 1. The summed E-state index contributed by atoms with van der Waals surface area (Å²) in [5, 5.41) is 30.2. The molecule has 1 rings (SSSR count). The van der Waals surface area contributed by atoms with Gasteiger partial charge in [0.15, 0.2) is 0 Å². The summed E-state index contributed by atoms with van der Waals surface area (Å²) < 4.78 is 0. The highest BCUT2D eigenvalue weighted by atomic mass is 32.2. The van der Waals surface area contributed by atoms with Crippen molar-refractivity contribution >= 4 is 23.1 Å². The molecule has 7 nitrogen and oxygen atoms in total. The highest BCUT2D eigenvalue weighted by molar-refractivity contribution is 7.99. The molecule has 0 amide bonds. The van der Waals surface area contributed by atoms with Gasteiger partial charge in [-0.3, -0.25) is 20.2 Å². The summed E-state index contributed by atoms with van der Waals surface area (Å²) in [7, 11) is 0. The van der Waals surface area contributed by atoms with Crippen LogP contribution in [0.25, 0.3) is 0 Å². The maximum Gasteiger partial charge on any atom is 0.289 e. The molecule has 0 aliphatic carbocycles. The molecule has 0 bridgehead atoms. The van der Waals surface area contributed by atoms with Crippen LogP contribution in [0.4, 0.5) is 11.4 Å². The zero-order valence-electron chi connectivity index (χ0n) is 8.19. The Morgan fingerprint density at radius 3 is 2.38 bits per heavy atom. The average Bonchev–Trinajstić information content (AvgIpc) is 2.16. The van der Waals surface area contributed by atoms with Gasteiger partial charge < -0.3 is 5.11 Å². The van der Waals surface area contributed by atoms with Crippen molar-refractivity contribution in [1.29, 1.82) is 0 Å². The molecule has 16 heavy (non-hydrogen) atoms. The number of nitrogens with zero attached hydrogens (tertiary/aromatic N) is 2. The zero-order chi connectivity index (χ0) is 12.3. The van der Waals surface area contributed by atoms with E-state index in [4.69, 9.17) is 5.11 Å². The van der Waals surface area contributed by atoms with Crippen molar-refractivity contribution in [2.45, 2.75) is 17.3 Å². The molecule has 0 fully saturated rings. The van der Waals surface area contributed by atoms with Gasteiger partial charge in [-0.1, -0.05) is 11.8 Å². The minimum Gasteiger partial charge on any atom is -0.382 e. The van der Waals surface area contributed by atoms with Crippen LogP contribution in [0.5, 0.6) is 0 Å². The number of hydrogen-bond acceptors (Lipinski definition) is 6. The molecule has 0 heterocycles. The highest BCUT2D eigenvalue weighted by Gasteiger charge is 2.20. The molecule has 1 N–H and O–H groups in total. The summed E-state index contributed by atoms with van der Waals surface area (Å²) in [6.45, 7) is 1.45. The monoisotopic (exact) mass is 244 g/mol. The third-order valence-corrected chi connectivity index (χ3v) is 2.59. The van der Waals surface area contributed by atoms with Gasteiger partial charge in [-0.05, 0) is 13.0 Å². The normalized spacial score (nSPS) is 12.1. The third-order valence-electron chi connectivity index (χ3n) is 1.65. The Kier molecular flexibility index (Phi) is 3.80. The second-order valence-corrected chi connectivity index (χ2v) is 4.24. The average molecular weight is 244 g/mol. The van der Waals surface area contributed by atoms with Gasteiger partial charge >= 0.3 is 0 Å². The molecule has 1 aromatic rings. The van der Waals surface area contributed by atoms with Crippen LogP contribution in [0.3, 0.4) is 0 Å². The second-order valence-electron chi connectivity index (χ2n) is 2.88. The molecular formula is C8H8N2O5S. The first-order valence-electron chi connectivity index (χ1n) is 4.19. The summed E-state index contributed by atoms with van der Waals surface area (Å²) in [6, 6.07) is 3.30. The lowest BCUT2D eigenvalue weighted by atomic mass is 10.3. The van der Waals surface area contributed by atoms with E-state index >= 15 is 0 Å². The van der Waals surface area contributed by atoms with Crippen LogP contribution in [-0.2, 0) is 0 Å². The molecule has 8 heteroatoms. The Morgan fingerprint density at radius 2 is 1.94 bits per heavy atom. The first-order chi connectivity index (χ1) is 7.41. The van der Waals surface area contributed by atoms with E-state index in [1.54, 1.807) is 0 Å². The first-order valence-corrected chi connectivity index (χ1v) is 5.07. The van der Waals surface area contributed by atoms with Gasteiger partial charge in [0, 0.05) is 6.07 Å². The Bertz CT molecular complexity index is 434. The molecule has 0 radical (unpaired) electrons. The summed E-state index contributed by atoms with van der Waals surface area (Å²) in [6.07, 6.45) is 0. The van der Waals surface area contributed by atoms with Crippen molar-refractivity contribution in [3.8, 4) is 0 Å². The van der Waals surface area contributed by atoms with Crippen LogP contribution in [-0.4, -0.2) is 20.4 Å². The topological polar surface area (TPSA) is 107 Å². The smallest absolute Gasteiger partial charge is 0.289 e. The summed E-state index contributed by atoms with van der Waals surface area (Å²) >= 11 is 0.865. The number of thioether (sulfide) groups is 1. The number of aliphatic hydroxyl groups excluding tert-OH is 1. The van der Waals surface area contributed by atoms with E-state index in [9.17, 15) is 20.2 Å². The van der Waals surface area contributed by atoms with Crippen LogP contribution in [0, 0.1) is 20.2 Å². The molecule has 0 saturated heterocycles. The highest BCUT2D eigenvalue weighted by Crippen LogP contribution is 2.33. The van der Waals surface area contributed by atoms with Crippen molar-refractivity contribution in [3.63, 3.8) is 0 Å². The van der Waals surface area contributed by atoms with Gasteiger partial charge in [-0.15, -0.1) is 0 Å². The second kappa shape index (κ2) is 4.90. The van der Waals surface area contributed by atoms with Crippen LogP contribution < -0.4 is 0 Å². The summed E-state index contributed by atoms with van der Waals surface area (Å²) in [5.74, 6) is 0. The molecule has 1 atom stereocenters. The Hall–Kier alpha value is -1.67. The Labute approximate surface area is 94.4 Å². The van der Waals surface area contributed by atoms with Gasteiger partial charge in [0.05, 0.1) is 20.8 Å². The molecular weight excluding hydrogens is 236 g/mol. The fourth-order valence-electron chi connectivity index (χ4n) is 1.05. The molecule has 0 saturated carbocycles. The maximum atomic E-state index is 10.7. The zero-order valence-corrected chi connectivity index (χ0v) is 9.01. The first kappa shape index (κ1) is 12.4. The van der Waals surface area contributed by atoms with Crippen LogP contribution in [0.1, 0.15) is 6.92 Å². The van der Waals surface area contributed by atoms with Crippen LogP contribution in [0.2, 0.25) is 0 Å². The fraction of sp³-hybridized carbons (Fsp3) is 0.250. The minimum absolute atomic E-state index is 0.200. The summed E-state index contributed by atoms with van der Waals surface area (Å²) in [4.78, 5) is 19.9. The molecule has 0 spiro atoms. The Balaban J connectivity index is 3.19. The predicted molar refractivity (Wildman–Crippen MR) is 57.3 cm³/mol. The van der Waals surface area contributed by atoms with Gasteiger partial charge in [-0.2, -0.15) is 0 Å². The maximum absolute atomic E-state index is 10.7. The fourth-order valence-corrected chi connectivity index (χ4v) is 1.81. The van der Waals surface area contributed by atoms with Crippen LogP contribution in [0.15, 0.2) is 23.1 Å². The quantitative estimate of drug-likeness (QED) is 0.375. The van der Waals surface area contributed by atoms with Crippen LogP contribution >= 0.6 is 11.8 Å². The van der Waals surface area contributed by atoms with Gasteiger partial charge in [0.25, 0.3) is 11.4 Å². The molecule has 86 valence electrons. The van der Waals surface area contributed by atoms with E-state index in [1.807, 2.05) is 0 Å². The van der Waals surface area contributed by atoms with E-state index in [0.29, 0.717) is 0 Å². The van der Waals surface area contributed by atoms with E-state index in [1.165, 1.54) is 13.0 Å². The van der Waals surface area contributed by atoms with Crippen molar-refractivity contribution < 1.29 is 15.0 Å². The third kappa shape index (κ3) is 2.91. The molecule has 0 aliphatic heterocycles. The number of benzene rings is 1.